The molecule has 1 amide bonds. The van der Waals surface area contributed by atoms with E-state index in [-0.39, 0.29) is 10.7 Å². The molecule has 0 fully saturated rings. The van der Waals surface area contributed by atoms with Gasteiger partial charge in [-0.05, 0) is 36.4 Å². The van der Waals surface area contributed by atoms with Crippen molar-refractivity contribution in [2.24, 2.45) is 0 Å². The summed E-state index contributed by atoms with van der Waals surface area (Å²) in [7, 11) is 2.82. The van der Waals surface area contributed by atoms with Gasteiger partial charge in [0.15, 0.2) is 0 Å². The number of hydrogen-bond acceptors (Lipinski definition) is 5. The molecule has 28 heavy (non-hydrogen) atoms. The summed E-state index contributed by atoms with van der Waals surface area (Å²) in [5.41, 5.74) is 1.01. The Balaban J connectivity index is 2.01. The second-order valence-corrected chi connectivity index (χ2v) is 9.81. The summed E-state index contributed by atoms with van der Waals surface area (Å²) in [6.45, 7) is 0. The summed E-state index contributed by atoms with van der Waals surface area (Å²) in [5.74, 6) is -0.816. The first-order valence-electron chi connectivity index (χ1n) is 8.34. The fourth-order valence-electron chi connectivity index (χ4n) is 2.70. The smallest absolute Gasteiger partial charge is 0.265 e. The van der Waals surface area contributed by atoms with E-state index in [0.717, 1.165) is 4.31 Å². The van der Waals surface area contributed by atoms with Crippen molar-refractivity contribution >= 4 is 48.7 Å². The Labute approximate surface area is 167 Å². The van der Waals surface area contributed by atoms with Crippen molar-refractivity contribution in [3.8, 4) is 0 Å². The van der Waals surface area contributed by atoms with Crippen molar-refractivity contribution in [2.75, 3.05) is 38.4 Å². The fourth-order valence-corrected chi connectivity index (χ4v) is 4.60. The first-order chi connectivity index (χ1) is 13.1. The molecule has 3 aromatic rings. The molecule has 148 valence electrons. The van der Waals surface area contributed by atoms with Crippen molar-refractivity contribution in [2.45, 2.75) is 4.90 Å². The van der Waals surface area contributed by atoms with Crippen molar-refractivity contribution in [1.29, 1.82) is 0 Å². The topological polar surface area (TPSA) is 69.7 Å². The number of benzene rings is 2. The molecule has 0 unspecified atom stereocenters. The van der Waals surface area contributed by atoms with Crippen LogP contribution in [-0.4, -0.2) is 46.8 Å². The monoisotopic (exact) mass is 421 g/mol. The number of rotatable bonds is 5. The molecule has 1 heterocycles. The van der Waals surface area contributed by atoms with E-state index in [1.165, 1.54) is 49.7 Å². The number of hydrogen-bond donors (Lipinski definition) is 1. The second kappa shape index (κ2) is 7.50. The van der Waals surface area contributed by atoms with Crippen LogP contribution in [0.4, 0.5) is 15.8 Å². The molecule has 0 atom stereocenters. The number of carbonyl (C=O) groups is 1. The van der Waals surface area contributed by atoms with Crippen LogP contribution < -0.4 is 10.2 Å². The van der Waals surface area contributed by atoms with Gasteiger partial charge < -0.3 is 10.2 Å². The molecule has 0 spiro atoms. The summed E-state index contributed by atoms with van der Waals surface area (Å²) in [4.78, 5) is 14.9. The third-order valence-electron chi connectivity index (χ3n) is 4.21. The van der Waals surface area contributed by atoms with E-state index in [2.05, 4.69) is 5.32 Å². The minimum atomic E-state index is -3.65. The Morgan fingerprint density at radius 3 is 2.39 bits per heavy atom. The second-order valence-electron chi connectivity index (χ2n) is 6.58. The van der Waals surface area contributed by atoms with Gasteiger partial charge >= 0.3 is 0 Å². The summed E-state index contributed by atoms with van der Waals surface area (Å²) < 4.78 is 40.6. The number of anilines is 2. The molecule has 3 rings (SSSR count). The van der Waals surface area contributed by atoms with Crippen molar-refractivity contribution < 1.29 is 17.6 Å². The normalized spacial score (nSPS) is 11.8. The highest BCUT2D eigenvalue weighted by Crippen LogP contribution is 2.31. The number of halogens is 1. The van der Waals surface area contributed by atoms with Crippen LogP contribution in [-0.2, 0) is 10.0 Å². The Morgan fingerprint density at radius 2 is 1.79 bits per heavy atom. The number of thiophene rings is 1. The molecule has 0 saturated heterocycles. The van der Waals surface area contributed by atoms with E-state index >= 15 is 0 Å². The standard InChI is InChI=1S/C19H20FN3O3S2/c1-22(2)16-9-8-12(28(25,26)23(3)4)10-15(16)21-19(24)18-11-13-14(20)6-5-7-17(13)27-18/h5-11H,1-4H3,(H,21,24). The molecule has 0 saturated carbocycles. The number of fused-ring (bicyclic) bond motifs is 1. The van der Waals surface area contributed by atoms with Gasteiger partial charge in [-0.15, -0.1) is 11.3 Å². The predicted octanol–water partition coefficient (Wildman–Crippen LogP) is 3.61. The van der Waals surface area contributed by atoms with Gasteiger partial charge in [-0.2, -0.15) is 0 Å². The van der Waals surface area contributed by atoms with Crippen molar-refractivity contribution in [1.82, 2.24) is 4.31 Å². The van der Waals surface area contributed by atoms with Crippen molar-refractivity contribution in [3.05, 3.63) is 53.2 Å². The van der Waals surface area contributed by atoms with Crippen LogP contribution in [0.5, 0.6) is 0 Å². The van der Waals surface area contributed by atoms with Crippen molar-refractivity contribution in [3.63, 3.8) is 0 Å². The highest BCUT2D eigenvalue weighted by Gasteiger charge is 2.21. The third kappa shape index (κ3) is 3.73. The van der Waals surface area contributed by atoms with Crippen LogP contribution in [0.1, 0.15) is 9.67 Å². The van der Waals surface area contributed by atoms with Crippen LogP contribution in [0.2, 0.25) is 0 Å². The van der Waals surface area contributed by atoms with Crippen LogP contribution >= 0.6 is 11.3 Å². The zero-order chi connectivity index (χ0) is 20.6. The van der Waals surface area contributed by atoms with Gasteiger partial charge in [-0.25, -0.2) is 17.1 Å². The van der Waals surface area contributed by atoms with Gasteiger partial charge in [-0.1, -0.05) is 6.07 Å². The highest BCUT2D eigenvalue weighted by atomic mass is 32.2. The lowest BCUT2D eigenvalue weighted by molar-refractivity contribution is 0.103. The maximum absolute atomic E-state index is 13.9. The maximum Gasteiger partial charge on any atom is 0.265 e. The lowest BCUT2D eigenvalue weighted by atomic mass is 10.2. The van der Waals surface area contributed by atoms with E-state index < -0.39 is 15.9 Å². The Hall–Kier alpha value is -2.49. The Kier molecular flexibility index (Phi) is 5.42. The Bertz CT molecular complexity index is 1150. The first-order valence-corrected chi connectivity index (χ1v) is 10.6. The molecule has 0 bridgehead atoms. The summed E-state index contributed by atoms with van der Waals surface area (Å²) in [6.07, 6.45) is 0. The van der Waals surface area contributed by atoms with Gasteiger partial charge in [-0.3, -0.25) is 4.79 Å². The maximum atomic E-state index is 13.9. The average molecular weight is 422 g/mol. The van der Waals surface area contributed by atoms with Crippen LogP contribution in [0, 0.1) is 5.82 Å². The van der Waals surface area contributed by atoms with Gasteiger partial charge in [0.25, 0.3) is 5.91 Å². The summed E-state index contributed by atoms with van der Waals surface area (Å²) >= 11 is 1.18. The van der Waals surface area contributed by atoms with Crippen LogP contribution in [0.25, 0.3) is 10.1 Å². The van der Waals surface area contributed by atoms with Gasteiger partial charge in [0.1, 0.15) is 5.82 Å². The third-order valence-corrected chi connectivity index (χ3v) is 7.12. The minimum absolute atomic E-state index is 0.0702. The van der Waals surface area contributed by atoms with E-state index in [1.54, 1.807) is 37.2 Å². The molecule has 0 aliphatic heterocycles. The van der Waals surface area contributed by atoms with Gasteiger partial charge in [0, 0.05) is 38.3 Å². The SMILES string of the molecule is CN(C)c1ccc(S(=O)(=O)N(C)C)cc1NC(=O)c1cc2c(F)cccc2s1. The lowest BCUT2D eigenvalue weighted by Crippen LogP contribution is -2.23. The van der Waals surface area contributed by atoms with Crippen LogP contribution in [0.3, 0.4) is 0 Å². The molecular formula is C19H20FN3O3S2. The zero-order valence-electron chi connectivity index (χ0n) is 15.9. The first kappa shape index (κ1) is 20.2. The molecule has 0 aliphatic carbocycles. The van der Waals surface area contributed by atoms with E-state index in [1.807, 2.05) is 0 Å². The molecule has 6 nitrogen and oxygen atoms in total. The Morgan fingerprint density at radius 1 is 1.07 bits per heavy atom. The molecule has 0 radical (unpaired) electrons. The number of carbonyl (C=O) groups excluding carboxylic acids is 1. The zero-order valence-corrected chi connectivity index (χ0v) is 17.5. The number of amides is 1. The van der Waals surface area contributed by atoms with Gasteiger partial charge in [0.2, 0.25) is 10.0 Å². The van der Waals surface area contributed by atoms with E-state index in [4.69, 9.17) is 0 Å². The fraction of sp³-hybridized carbons (Fsp3) is 0.211. The lowest BCUT2D eigenvalue weighted by Gasteiger charge is -2.20. The molecule has 9 heteroatoms. The minimum Gasteiger partial charge on any atom is -0.376 e. The summed E-state index contributed by atoms with van der Waals surface area (Å²) in [5, 5.41) is 3.15. The molecule has 1 aromatic heterocycles. The number of nitrogens with one attached hydrogen (secondary N) is 1. The van der Waals surface area contributed by atoms with Gasteiger partial charge in [0.05, 0.1) is 21.1 Å². The largest absolute Gasteiger partial charge is 0.376 e. The number of sulfonamides is 1. The molecule has 2 aromatic carbocycles. The van der Waals surface area contributed by atoms with Crippen LogP contribution in [0.15, 0.2) is 47.4 Å². The highest BCUT2D eigenvalue weighted by molar-refractivity contribution is 7.89. The summed E-state index contributed by atoms with van der Waals surface area (Å²) in [6, 6.07) is 10.7. The number of nitrogens with zero attached hydrogens (tertiary/aromatic N) is 2. The predicted molar refractivity (Wildman–Crippen MR) is 111 cm³/mol. The molecule has 1 N–H and O–H groups in total. The average Bonchev–Trinajstić information content (AvgIpc) is 3.07. The molecular weight excluding hydrogens is 401 g/mol. The molecule has 0 aliphatic rings. The van der Waals surface area contributed by atoms with E-state index in [0.29, 0.717) is 26.3 Å². The quantitative estimate of drug-likeness (QED) is 0.683. The van der Waals surface area contributed by atoms with E-state index in [9.17, 15) is 17.6 Å².